The van der Waals surface area contributed by atoms with Crippen LogP contribution in [0.4, 0.5) is 0 Å². The number of hydrogen-bond acceptors (Lipinski definition) is 3. The van der Waals surface area contributed by atoms with Gasteiger partial charge in [0.1, 0.15) is 5.54 Å². The van der Waals surface area contributed by atoms with Gasteiger partial charge < -0.3 is 5.73 Å². The molecule has 2 atom stereocenters. The maximum Gasteiger partial charge on any atom is 0.237 e. The first-order valence-corrected chi connectivity index (χ1v) is 4.89. The molecule has 1 aliphatic heterocycles. The molecule has 2 unspecified atom stereocenters. The first kappa shape index (κ1) is 11.0. The lowest BCUT2D eigenvalue weighted by atomic mass is 9.98. The second-order valence-corrected chi connectivity index (χ2v) is 4.27. The Bertz CT molecular complexity index is 296. The van der Waals surface area contributed by atoms with Gasteiger partial charge in [-0.25, -0.2) is 0 Å². The smallest absolute Gasteiger partial charge is 0.237 e. The second-order valence-electron chi connectivity index (χ2n) is 4.27. The number of carbonyl (C=O) groups excluding carboxylic acids is 1. The van der Waals surface area contributed by atoms with E-state index in [0.29, 0.717) is 19.4 Å². The van der Waals surface area contributed by atoms with Crippen LogP contribution >= 0.6 is 0 Å². The summed E-state index contributed by atoms with van der Waals surface area (Å²) in [4.78, 5) is 13.3. The molecule has 0 aromatic carbocycles. The summed E-state index contributed by atoms with van der Waals surface area (Å²) in [6.07, 6.45) is 1.37. The summed E-state index contributed by atoms with van der Waals surface area (Å²) in [5.74, 6) is -0.335. The number of amides is 1. The molecule has 0 aliphatic carbocycles. The number of rotatable bonds is 2. The van der Waals surface area contributed by atoms with Crippen LogP contribution in [0, 0.1) is 11.3 Å². The standard InChI is InChI=1S/C10H17N3O/c1-4-13-9(2,7-11)5-6-10(13,3)8(12)14/h4-6H2,1-3H3,(H2,12,14). The molecular weight excluding hydrogens is 178 g/mol. The van der Waals surface area contributed by atoms with E-state index in [1.54, 1.807) is 0 Å². The number of hydrogen-bond donors (Lipinski definition) is 1. The van der Waals surface area contributed by atoms with Gasteiger partial charge in [-0.1, -0.05) is 6.92 Å². The third-order valence-corrected chi connectivity index (χ3v) is 3.38. The Morgan fingerprint density at radius 3 is 2.50 bits per heavy atom. The Morgan fingerprint density at radius 1 is 1.57 bits per heavy atom. The molecular formula is C10H17N3O. The molecule has 1 rings (SSSR count). The van der Waals surface area contributed by atoms with Crippen LogP contribution in [0.25, 0.3) is 0 Å². The van der Waals surface area contributed by atoms with Gasteiger partial charge >= 0.3 is 0 Å². The number of likely N-dealkylation sites (tertiary alicyclic amines) is 1. The highest BCUT2D eigenvalue weighted by atomic mass is 16.1. The zero-order valence-electron chi connectivity index (χ0n) is 9.00. The topological polar surface area (TPSA) is 70.1 Å². The molecule has 0 saturated carbocycles. The molecule has 1 amide bonds. The molecule has 78 valence electrons. The summed E-state index contributed by atoms with van der Waals surface area (Å²) >= 11 is 0. The average Bonchev–Trinajstić information content (AvgIpc) is 2.41. The molecule has 0 radical (unpaired) electrons. The highest BCUT2D eigenvalue weighted by Crippen LogP contribution is 2.40. The fourth-order valence-electron chi connectivity index (χ4n) is 2.37. The minimum atomic E-state index is -0.654. The van der Waals surface area contributed by atoms with E-state index < -0.39 is 11.1 Å². The SMILES string of the molecule is CCN1C(C)(C#N)CCC1(C)C(N)=O. The van der Waals surface area contributed by atoms with E-state index >= 15 is 0 Å². The number of nitrogens with zero attached hydrogens (tertiary/aromatic N) is 2. The van der Waals surface area contributed by atoms with Gasteiger partial charge in [-0.15, -0.1) is 0 Å². The first-order valence-electron chi connectivity index (χ1n) is 4.89. The largest absolute Gasteiger partial charge is 0.368 e. The normalized spacial score (nSPS) is 38.1. The quantitative estimate of drug-likeness (QED) is 0.702. The molecule has 0 bridgehead atoms. The van der Waals surface area contributed by atoms with Crippen molar-refractivity contribution in [2.24, 2.45) is 5.73 Å². The van der Waals surface area contributed by atoms with Crippen molar-refractivity contribution in [3.63, 3.8) is 0 Å². The zero-order valence-corrected chi connectivity index (χ0v) is 9.00. The molecule has 14 heavy (non-hydrogen) atoms. The molecule has 4 nitrogen and oxygen atoms in total. The lowest BCUT2D eigenvalue weighted by Gasteiger charge is -2.37. The molecule has 1 aliphatic rings. The van der Waals surface area contributed by atoms with Gasteiger partial charge in [-0.2, -0.15) is 5.26 Å². The fraction of sp³-hybridized carbons (Fsp3) is 0.800. The third kappa shape index (κ3) is 1.28. The van der Waals surface area contributed by atoms with E-state index in [2.05, 4.69) is 6.07 Å². The van der Waals surface area contributed by atoms with Crippen molar-refractivity contribution >= 4 is 5.91 Å². The van der Waals surface area contributed by atoms with Crippen LogP contribution in [0.5, 0.6) is 0 Å². The summed E-state index contributed by atoms with van der Waals surface area (Å²) in [5, 5.41) is 9.10. The van der Waals surface area contributed by atoms with Gasteiger partial charge in [0, 0.05) is 0 Å². The molecule has 0 spiro atoms. The molecule has 1 fully saturated rings. The van der Waals surface area contributed by atoms with E-state index in [0.717, 1.165) is 0 Å². The molecule has 4 heteroatoms. The Balaban J connectivity index is 3.08. The maximum absolute atomic E-state index is 11.4. The second kappa shape index (κ2) is 3.25. The number of primary amides is 1. The molecule has 1 saturated heterocycles. The van der Waals surface area contributed by atoms with E-state index in [-0.39, 0.29) is 5.91 Å². The summed E-state index contributed by atoms with van der Waals surface area (Å²) in [6.45, 7) is 6.30. The molecule has 1 heterocycles. The van der Waals surface area contributed by atoms with E-state index in [1.165, 1.54) is 0 Å². The van der Waals surface area contributed by atoms with Crippen molar-refractivity contribution < 1.29 is 4.79 Å². The van der Waals surface area contributed by atoms with Crippen LogP contribution in [-0.4, -0.2) is 28.4 Å². The minimum absolute atomic E-state index is 0.335. The Labute approximate surface area is 84.7 Å². The van der Waals surface area contributed by atoms with E-state index in [1.807, 2.05) is 25.7 Å². The summed E-state index contributed by atoms with van der Waals surface area (Å²) in [7, 11) is 0. The van der Waals surface area contributed by atoms with Crippen molar-refractivity contribution in [1.82, 2.24) is 4.90 Å². The molecule has 2 N–H and O–H groups in total. The first-order chi connectivity index (χ1) is 6.40. The van der Waals surface area contributed by atoms with Gasteiger partial charge in [-0.3, -0.25) is 9.69 Å². The predicted octanol–water partition coefficient (Wildman–Crippen LogP) is 0.628. The summed E-state index contributed by atoms with van der Waals surface area (Å²) in [5.41, 5.74) is 4.19. The van der Waals surface area contributed by atoms with Gasteiger partial charge in [-0.05, 0) is 33.2 Å². The fourth-order valence-corrected chi connectivity index (χ4v) is 2.37. The van der Waals surface area contributed by atoms with Gasteiger partial charge in [0.2, 0.25) is 5.91 Å². The Morgan fingerprint density at radius 2 is 2.14 bits per heavy atom. The van der Waals surface area contributed by atoms with Gasteiger partial charge in [0.25, 0.3) is 0 Å². The predicted molar refractivity (Wildman–Crippen MR) is 53.2 cm³/mol. The van der Waals surface area contributed by atoms with Gasteiger partial charge in [0.15, 0.2) is 0 Å². The Kier molecular flexibility index (Phi) is 2.55. The number of nitriles is 1. The van der Waals surface area contributed by atoms with Crippen molar-refractivity contribution in [2.75, 3.05) is 6.54 Å². The van der Waals surface area contributed by atoms with Crippen LogP contribution in [0.2, 0.25) is 0 Å². The van der Waals surface area contributed by atoms with Gasteiger partial charge in [0.05, 0.1) is 11.6 Å². The van der Waals surface area contributed by atoms with Crippen LogP contribution in [-0.2, 0) is 4.79 Å². The summed E-state index contributed by atoms with van der Waals surface area (Å²) < 4.78 is 0. The number of carbonyl (C=O) groups is 1. The summed E-state index contributed by atoms with van der Waals surface area (Å²) in [6, 6.07) is 2.27. The van der Waals surface area contributed by atoms with E-state index in [9.17, 15) is 4.79 Å². The van der Waals surface area contributed by atoms with Crippen molar-refractivity contribution in [2.45, 2.75) is 44.7 Å². The van der Waals surface area contributed by atoms with Crippen molar-refractivity contribution in [1.29, 1.82) is 5.26 Å². The number of likely N-dealkylation sites (N-methyl/N-ethyl adjacent to an activating group) is 1. The lowest BCUT2D eigenvalue weighted by molar-refractivity contribution is -0.128. The van der Waals surface area contributed by atoms with Crippen LogP contribution in [0.1, 0.15) is 33.6 Å². The Hall–Kier alpha value is -1.08. The van der Waals surface area contributed by atoms with E-state index in [4.69, 9.17) is 11.0 Å². The van der Waals surface area contributed by atoms with Crippen LogP contribution in [0.3, 0.4) is 0 Å². The lowest BCUT2D eigenvalue weighted by Crippen LogP contribution is -2.57. The zero-order chi connectivity index (χ0) is 11.0. The monoisotopic (exact) mass is 195 g/mol. The third-order valence-electron chi connectivity index (χ3n) is 3.38. The van der Waals surface area contributed by atoms with Crippen LogP contribution < -0.4 is 5.73 Å². The average molecular weight is 195 g/mol. The molecule has 0 aromatic rings. The number of nitrogens with two attached hydrogens (primary N) is 1. The highest BCUT2D eigenvalue weighted by Gasteiger charge is 2.52. The van der Waals surface area contributed by atoms with Crippen LogP contribution in [0.15, 0.2) is 0 Å². The molecule has 0 aromatic heterocycles. The van der Waals surface area contributed by atoms with Crippen molar-refractivity contribution in [3.8, 4) is 6.07 Å². The maximum atomic E-state index is 11.4. The highest BCUT2D eigenvalue weighted by molar-refractivity contribution is 5.84. The minimum Gasteiger partial charge on any atom is -0.368 e. The van der Waals surface area contributed by atoms with Crippen molar-refractivity contribution in [3.05, 3.63) is 0 Å².